The molecule has 80 valence electrons. The van der Waals surface area contributed by atoms with Crippen LogP contribution in [0.25, 0.3) is 0 Å². The van der Waals surface area contributed by atoms with Gasteiger partial charge in [0.2, 0.25) is 0 Å². The molecule has 15 heavy (non-hydrogen) atoms. The van der Waals surface area contributed by atoms with Gasteiger partial charge in [-0.3, -0.25) is 0 Å². The molecule has 0 aliphatic heterocycles. The van der Waals surface area contributed by atoms with E-state index >= 15 is 0 Å². The van der Waals surface area contributed by atoms with E-state index in [1.54, 1.807) is 30.3 Å². The molecule has 0 radical (unpaired) electrons. The molecule has 5 nitrogen and oxygen atoms in total. The average molecular weight is 209 g/mol. The second-order valence-electron chi connectivity index (χ2n) is 2.91. The number of hydrogen-bond acceptors (Lipinski definition) is 5. The van der Waals surface area contributed by atoms with Crippen molar-refractivity contribution in [2.75, 3.05) is 13.2 Å². The van der Waals surface area contributed by atoms with Crippen molar-refractivity contribution in [3.63, 3.8) is 0 Å². The van der Waals surface area contributed by atoms with Crippen LogP contribution in [0.1, 0.15) is 10.4 Å². The molecule has 0 bridgehead atoms. The second-order valence-corrected chi connectivity index (χ2v) is 2.91. The summed E-state index contributed by atoms with van der Waals surface area (Å²) in [6.45, 7) is -0.626. The SMILES string of the molecule is O=N[C@@H](CO)COC(=O)c1ccccc1. The number of carbonyl (C=O) groups excluding carboxylic acids is 1. The first-order chi connectivity index (χ1) is 7.27. The fraction of sp³-hybridized carbons (Fsp3) is 0.300. The van der Waals surface area contributed by atoms with Gasteiger partial charge in [0.1, 0.15) is 12.6 Å². The summed E-state index contributed by atoms with van der Waals surface area (Å²) in [4.78, 5) is 21.4. The van der Waals surface area contributed by atoms with Crippen LogP contribution in [0, 0.1) is 4.91 Å². The minimum atomic E-state index is -0.891. The van der Waals surface area contributed by atoms with Crippen molar-refractivity contribution in [3.05, 3.63) is 40.8 Å². The molecule has 0 unspecified atom stereocenters. The number of benzene rings is 1. The fourth-order valence-electron chi connectivity index (χ4n) is 0.946. The van der Waals surface area contributed by atoms with Crippen molar-refractivity contribution in [3.8, 4) is 0 Å². The van der Waals surface area contributed by atoms with Crippen LogP contribution >= 0.6 is 0 Å². The van der Waals surface area contributed by atoms with Crippen LogP contribution in [0.15, 0.2) is 35.5 Å². The summed E-state index contributed by atoms with van der Waals surface area (Å²) in [7, 11) is 0. The number of esters is 1. The van der Waals surface area contributed by atoms with Gasteiger partial charge in [-0.1, -0.05) is 23.4 Å². The van der Waals surface area contributed by atoms with Gasteiger partial charge in [-0.25, -0.2) is 4.79 Å². The molecule has 0 aliphatic rings. The second kappa shape index (κ2) is 5.87. The lowest BCUT2D eigenvalue weighted by atomic mass is 10.2. The van der Waals surface area contributed by atoms with Crippen LogP contribution in [0.2, 0.25) is 0 Å². The number of nitroso groups, excluding NO2 is 1. The Morgan fingerprint density at radius 1 is 1.40 bits per heavy atom. The van der Waals surface area contributed by atoms with E-state index in [1.807, 2.05) is 0 Å². The average Bonchev–Trinajstić information content (AvgIpc) is 2.31. The van der Waals surface area contributed by atoms with Gasteiger partial charge in [-0.05, 0) is 12.1 Å². The normalized spacial score (nSPS) is 11.8. The molecule has 5 heteroatoms. The Balaban J connectivity index is 2.46. The first kappa shape index (κ1) is 11.3. The van der Waals surface area contributed by atoms with Crippen molar-refractivity contribution in [1.82, 2.24) is 0 Å². The van der Waals surface area contributed by atoms with E-state index in [-0.39, 0.29) is 6.61 Å². The monoisotopic (exact) mass is 209 g/mol. The maximum Gasteiger partial charge on any atom is 0.338 e. The van der Waals surface area contributed by atoms with Crippen molar-refractivity contribution in [2.45, 2.75) is 6.04 Å². The highest BCUT2D eigenvalue weighted by atomic mass is 16.5. The molecule has 0 aliphatic carbocycles. The molecule has 0 heterocycles. The minimum Gasteiger partial charge on any atom is -0.460 e. The molecule has 0 fully saturated rings. The number of ether oxygens (including phenoxy) is 1. The van der Waals surface area contributed by atoms with Crippen LogP contribution in [0.5, 0.6) is 0 Å². The summed E-state index contributed by atoms with van der Waals surface area (Å²) in [5, 5.41) is 11.2. The lowest BCUT2D eigenvalue weighted by Crippen LogP contribution is -2.20. The Labute approximate surface area is 86.7 Å². The summed E-state index contributed by atoms with van der Waals surface area (Å²) in [5.41, 5.74) is 0.403. The Morgan fingerprint density at radius 2 is 2.07 bits per heavy atom. The van der Waals surface area contributed by atoms with E-state index in [2.05, 4.69) is 5.18 Å². The molecular formula is C10H11NO4. The van der Waals surface area contributed by atoms with E-state index in [1.165, 1.54) is 0 Å². The highest BCUT2D eigenvalue weighted by Crippen LogP contribution is 2.02. The molecular weight excluding hydrogens is 198 g/mol. The minimum absolute atomic E-state index is 0.201. The number of hydrogen-bond donors (Lipinski definition) is 1. The van der Waals surface area contributed by atoms with Gasteiger partial charge in [0.05, 0.1) is 12.2 Å². The van der Waals surface area contributed by atoms with Crippen molar-refractivity contribution in [2.24, 2.45) is 5.18 Å². The molecule has 1 rings (SSSR count). The summed E-state index contributed by atoms with van der Waals surface area (Å²) >= 11 is 0. The van der Waals surface area contributed by atoms with Gasteiger partial charge in [0, 0.05) is 0 Å². The Bertz CT molecular complexity index is 325. The summed E-state index contributed by atoms with van der Waals surface area (Å²) in [6, 6.07) is 7.50. The lowest BCUT2D eigenvalue weighted by molar-refractivity contribution is 0.0455. The van der Waals surface area contributed by atoms with E-state index in [0.29, 0.717) is 5.56 Å². The highest BCUT2D eigenvalue weighted by Gasteiger charge is 2.11. The van der Waals surface area contributed by atoms with Crippen molar-refractivity contribution >= 4 is 5.97 Å². The van der Waals surface area contributed by atoms with Crippen LogP contribution in [-0.4, -0.2) is 30.3 Å². The lowest BCUT2D eigenvalue weighted by Gasteiger charge is -2.06. The van der Waals surface area contributed by atoms with Gasteiger partial charge < -0.3 is 9.84 Å². The van der Waals surface area contributed by atoms with Crippen LogP contribution in [0.3, 0.4) is 0 Å². The molecule has 0 spiro atoms. The molecule has 1 aromatic rings. The highest BCUT2D eigenvalue weighted by molar-refractivity contribution is 5.89. The molecule has 0 aromatic heterocycles. The summed E-state index contributed by atoms with van der Waals surface area (Å²) in [6.07, 6.45) is 0. The van der Waals surface area contributed by atoms with Crippen LogP contribution < -0.4 is 0 Å². The number of aliphatic hydroxyl groups is 1. The van der Waals surface area contributed by atoms with Gasteiger partial charge in [-0.2, -0.15) is 4.91 Å². The summed E-state index contributed by atoms with van der Waals surface area (Å²) in [5.74, 6) is -0.530. The first-order valence-electron chi connectivity index (χ1n) is 4.43. The maximum absolute atomic E-state index is 11.3. The Kier molecular flexibility index (Phi) is 4.43. The smallest absolute Gasteiger partial charge is 0.338 e. The maximum atomic E-state index is 11.3. The topological polar surface area (TPSA) is 76.0 Å². The zero-order chi connectivity index (χ0) is 11.1. The zero-order valence-corrected chi connectivity index (χ0v) is 8.00. The molecule has 0 saturated heterocycles. The quantitative estimate of drug-likeness (QED) is 0.579. The van der Waals surface area contributed by atoms with E-state index < -0.39 is 18.6 Å². The molecule has 0 saturated carbocycles. The third-order valence-electron chi connectivity index (χ3n) is 1.78. The van der Waals surface area contributed by atoms with E-state index in [4.69, 9.17) is 9.84 Å². The van der Waals surface area contributed by atoms with Gasteiger partial charge in [-0.15, -0.1) is 0 Å². The third kappa shape index (κ3) is 3.47. The van der Waals surface area contributed by atoms with Crippen LogP contribution in [0.4, 0.5) is 0 Å². The number of aliphatic hydroxyl groups excluding tert-OH is 1. The Morgan fingerprint density at radius 3 is 2.60 bits per heavy atom. The molecule has 0 amide bonds. The molecule has 1 N–H and O–H groups in total. The standard InChI is InChI=1S/C10H11NO4/c12-6-9(11-14)7-15-10(13)8-4-2-1-3-5-8/h1-5,9,12H,6-7H2/t9-/m0/s1. The Hall–Kier alpha value is -1.75. The predicted octanol–water partition coefficient (Wildman–Crippen LogP) is 0.971. The van der Waals surface area contributed by atoms with Crippen molar-refractivity contribution in [1.29, 1.82) is 0 Å². The van der Waals surface area contributed by atoms with Gasteiger partial charge >= 0.3 is 5.97 Å². The van der Waals surface area contributed by atoms with Gasteiger partial charge in [0.15, 0.2) is 0 Å². The van der Waals surface area contributed by atoms with Gasteiger partial charge in [0.25, 0.3) is 0 Å². The third-order valence-corrected chi connectivity index (χ3v) is 1.78. The first-order valence-corrected chi connectivity index (χ1v) is 4.43. The fourth-order valence-corrected chi connectivity index (χ4v) is 0.946. The number of nitrogens with zero attached hydrogens (tertiary/aromatic N) is 1. The number of rotatable bonds is 5. The summed E-state index contributed by atoms with van der Waals surface area (Å²) < 4.78 is 4.78. The zero-order valence-electron chi connectivity index (χ0n) is 8.00. The predicted molar refractivity (Wildman–Crippen MR) is 53.4 cm³/mol. The molecule has 1 atom stereocenters. The largest absolute Gasteiger partial charge is 0.460 e. The van der Waals surface area contributed by atoms with E-state index in [0.717, 1.165) is 0 Å². The molecule has 1 aromatic carbocycles. The van der Waals surface area contributed by atoms with E-state index in [9.17, 15) is 9.70 Å². The van der Waals surface area contributed by atoms with Crippen molar-refractivity contribution < 1.29 is 14.6 Å². The van der Waals surface area contributed by atoms with Crippen LogP contribution in [-0.2, 0) is 4.74 Å². The number of carbonyl (C=O) groups is 1.